The van der Waals surface area contributed by atoms with Gasteiger partial charge in [0, 0.05) is 28.1 Å². The molecule has 29 heavy (non-hydrogen) atoms. The second-order valence-corrected chi connectivity index (χ2v) is 10.7. The number of hydrogen-bond acceptors (Lipinski definition) is 5. The van der Waals surface area contributed by atoms with E-state index < -0.39 is 23.1 Å². The molecular weight excluding hydrogens is 577 g/mol. The van der Waals surface area contributed by atoms with Gasteiger partial charge in [0.05, 0.1) is 10.2 Å². The maximum Gasteiger partial charge on any atom is 0.411 e. The fourth-order valence-corrected chi connectivity index (χ4v) is 5.29. The lowest BCUT2D eigenvalue weighted by molar-refractivity contribution is -0.0121. The van der Waals surface area contributed by atoms with Gasteiger partial charge >= 0.3 is 6.09 Å². The molecule has 1 N–H and O–H groups in total. The van der Waals surface area contributed by atoms with Crippen LogP contribution < -0.4 is 5.32 Å². The summed E-state index contributed by atoms with van der Waals surface area (Å²) in [5.41, 5.74) is -0.711. The molecule has 0 radical (unpaired) electrons. The highest BCUT2D eigenvalue weighted by atomic mass is 127. The smallest absolute Gasteiger partial charge is 0.411 e. The number of benzene rings is 1. The molecule has 2 fully saturated rings. The van der Waals surface area contributed by atoms with E-state index in [1.807, 2.05) is 26.8 Å². The van der Waals surface area contributed by atoms with Crippen molar-refractivity contribution in [1.29, 1.82) is 0 Å². The second kappa shape index (κ2) is 7.42. The van der Waals surface area contributed by atoms with Gasteiger partial charge in [0.2, 0.25) is 5.28 Å². The molecular formula is C19H20BrClFIN4O2. The summed E-state index contributed by atoms with van der Waals surface area (Å²) in [6.07, 6.45) is 1.09. The molecule has 0 aliphatic carbocycles. The molecule has 2 atom stereocenters. The van der Waals surface area contributed by atoms with Gasteiger partial charge in [-0.05, 0) is 89.8 Å². The van der Waals surface area contributed by atoms with E-state index in [2.05, 4.69) is 53.8 Å². The largest absolute Gasteiger partial charge is 0.444 e. The van der Waals surface area contributed by atoms with Gasteiger partial charge in [0.25, 0.3) is 0 Å². The molecule has 10 heteroatoms. The molecule has 1 aromatic heterocycles. The van der Waals surface area contributed by atoms with Crippen LogP contribution >= 0.6 is 50.1 Å². The Morgan fingerprint density at radius 1 is 1.48 bits per heavy atom. The van der Waals surface area contributed by atoms with Crippen LogP contribution in [0.2, 0.25) is 5.28 Å². The number of aromatic nitrogens is 2. The summed E-state index contributed by atoms with van der Waals surface area (Å²) in [6, 6.07) is 1.81. The fourth-order valence-electron chi connectivity index (χ4n) is 4.27. The van der Waals surface area contributed by atoms with Crippen molar-refractivity contribution in [1.82, 2.24) is 20.2 Å². The standard InChI is InChI=1S/C19H20BrClFIN4O2/c1-18(2,3)29-17(28)27-9-4-5-19(27,8-24-7-9)15-10-6-11(23)12(20)13(22)14(10)25-16(21)26-15/h6,9,24H,4-5,7-8H2,1-3H3. The third kappa shape index (κ3) is 3.61. The van der Waals surface area contributed by atoms with Crippen LogP contribution in [0.15, 0.2) is 10.5 Å². The van der Waals surface area contributed by atoms with E-state index in [0.29, 0.717) is 38.6 Å². The van der Waals surface area contributed by atoms with Crippen molar-refractivity contribution in [2.75, 3.05) is 13.1 Å². The van der Waals surface area contributed by atoms with E-state index in [-0.39, 0.29) is 16.8 Å². The molecule has 1 aromatic carbocycles. The lowest BCUT2D eigenvalue weighted by Gasteiger charge is -2.45. The average Bonchev–Trinajstić information content (AvgIpc) is 2.86. The van der Waals surface area contributed by atoms with Crippen molar-refractivity contribution in [3.05, 3.63) is 30.9 Å². The first-order valence-corrected chi connectivity index (χ1v) is 11.5. The van der Waals surface area contributed by atoms with Crippen molar-refractivity contribution in [3.8, 4) is 0 Å². The fraction of sp³-hybridized carbons (Fsp3) is 0.526. The number of hydrogen-bond donors (Lipinski definition) is 1. The Morgan fingerprint density at radius 2 is 2.21 bits per heavy atom. The topological polar surface area (TPSA) is 67.3 Å². The van der Waals surface area contributed by atoms with Crippen molar-refractivity contribution < 1.29 is 13.9 Å². The Labute approximate surface area is 195 Å². The molecule has 3 heterocycles. The quantitative estimate of drug-likeness (QED) is 0.285. The normalized spacial score (nSPS) is 24.2. The van der Waals surface area contributed by atoms with E-state index in [4.69, 9.17) is 16.3 Å². The van der Waals surface area contributed by atoms with Crippen LogP contribution in [0.1, 0.15) is 39.3 Å². The first-order chi connectivity index (χ1) is 13.5. The van der Waals surface area contributed by atoms with Crippen molar-refractivity contribution in [3.63, 3.8) is 0 Å². The predicted molar refractivity (Wildman–Crippen MR) is 121 cm³/mol. The molecule has 2 saturated heterocycles. The highest BCUT2D eigenvalue weighted by molar-refractivity contribution is 14.1. The van der Waals surface area contributed by atoms with Gasteiger partial charge in [-0.2, -0.15) is 0 Å². The number of nitrogens with one attached hydrogen (secondary N) is 1. The number of amides is 1. The van der Waals surface area contributed by atoms with Crippen LogP contribution in [0.3, 0.4) is 0 Å². The molecule has 2 aliphatic rings. The summed E-state index contributed by atoms with van der Waals surface area (Å²) in [5.74, 6) is -0.490. The number of fused-ring (bicyclic) bond motifs is 3. The van der Waals surface area contributed by atoms with Crippen molar-refractivity contribution >= 4 is 67.1 Å². The Morgan fingerprint density at radius 3 is 2.90 bits per heavy atom. The lowest BCUT2D eigenvalue weighted by Crippen LogP contribution is -2.61. The Bertz CT molecular complexity index is 1010. The SMILES string of the molecule is CC(C)(C)OC(=O)N1C2CCC1(c1nc(Cl)nc3c(F)c(Br)c(I)cc13)CNC2. The molecule has 156 valence electrons. The molecule has 0 saturated carbocycles. The van der Waals surface area contributed by atoms with Crippen molar-refractivity contribution in [2.45, 2.75) is 50.8 Å². The van der Waals surface area contributed by atoms with Gasteiger partial charge in [-0.15, -0.1) is 0 Å². The van der Waals surface area contributed by atoms with Gasteiger partial charge < -0.3 is 10.1 Å². The Balaban J connectivity index is 1.94. The van der Waals surface area contributed by atoms with E-state index in [1.54, 1.807) is 4.90 Å². The van der Waals surface area contributed by atoms with Crippen LogP contribution in [-0.2, 0) is 10.3 Å². The van der Waals surface area contributed by atoms with Gasteiger partial charge in [-0.3, -0.25) is 4.90 Å². The summed E-state index contributed by atoms with van der Waals surface area (Å²) in [5, 5.41) is 3.90. The highest BCUT2D eigenvalue weighted by Gasteiger charge is 2.55. The van der Waals surface area contributed by atoms with Gasteiger partial charge in [0.1, 0.15) is 16.7 Å². The number of carbonyl (C=O) groups excluding carboxylic acids is 1. The molecule has 4 rings (SSSR count). The third-order valence-corrected chi connectivity index (χ3v) is 7.88. The van der Waals surface area contributed by atoms with Crippen LogP contribution in [0.4, 0.5) is 9.18 Å². The zero-order valence-electron chi connectivity index (χ0n) is 16.2. The number of nitrogens with zero attached hydrogens (tertiary/aromatic N) is 3. The monoisotopic (exact) mass is 596 g/mol. The minimum atomic E-state index is -0.778. The third-order valence-electron chi connectivity index (χ3n) is 5.35. The summed E-state index contributed by atoms with van der Waals surface area (Å²) in [7, 11) is 0. The highest BCUT2D eigenvalue weighted by Crippen LogP contribution is 2.47. The maximum absolute atomic E-state index is 15.0. The number of ether oxygens (including phenoxy) is 1. The van der Waals surface area contributed by atoms with E-state index in [9.17, 15) is 9.18 Å². The summed E-state index contributed by atoms with van der Waals surface area (Å²) in [6.45, 7) is 6.68. The maximum atomic E-state index is 15.0. The van der Waals surface area contributed by atoms with Crippen LogP contribution in [0.5, 0.6) is 0 Å². The minimum Gasteiger partial charge on any atom is -0.444 e. The van der Waals surface area contributed by atoms with Gasteiger partial charge in [-0.1, -0.05) is 0 Å². The molecule has 1 amide bonds. The summed E-state index contributed by atoms with van der Waals surface area (Å²) in [4.78, 5) is 23.6. The first-order valence-electron chi connectivity index (χ1n) is 9.28. The number of halogens is 4. The number of rotatable bonds is 1. The lowest BCUT2D eigenvalue weighted by atomic mass is 9.88. The number of piperazine rings is 1. The zero-order valence-corrected chi connectivity index (χ0v) is 20.7. The summed E-state index contributed by atoms with van der Waals surface area (Å²) >= 11 is 11.5. The predicted octanol–water partition coefficient (Wildman–Crippen LogP) is 4.99. The molecule has 2 aliphatic heterocycles. The molecule has 2 bridgehead atoms. The van der Waals surface area contributed by atoms with Crippen LogP contribution in [0.25, 0.3) is 10.9 Å². The molecule has 2 unspecified atom stereocenters. The van der Waals surface area contributed by atoms with Gasteiger partial charge in [0.15, 0.2) is 5.82 Å². The zero-order chi connectivity index (χ0) is 21.1. The molecule has 0 spiro atoms. The van der Waals surface area contributed by atoms with Crippen LogP contribution in [0, 0.1) is 9.39 Å². The average molecular weight is 598 g/mol. The first kappa shape index (κ1) is 21.5. The molecule has 2 aromatic rings. The Hall–Kier alpha value is -0.780. The summed E-state index contributed by atoms with van der Waals surface area (Å²) < 4.78 is 21.7. The Kier molecular flexibility index (Phi) is 5.49. The number of carbonyl (C=O) groups is 1. The van der Waals surface area contributed by atoms with E-state index >= 15 is 0 Å². The molecule has 6 nitrogen and oxygen atoms in total. The van der Waals surface area contributed by atoms with E-state index in [1.165, 1.54) is 0 Å². The van der Waals surface area contributed by atoms with Gasteiger partial charge in [-0.25, -0.2) is 19.2 Å². The second-order valence-electron chi connectivity index (χ2n) is 8.43. The van der Waals surface area contributed by atoms with Crippen molar-refractivity contribution in [2.24, 2.45) is 0 Å². The minimum absolute atomic E-state index is 0.0261. The van der Waals surface area contributed by atoms with E-state index in [0.717, 1.165) is 6.42 Å². The van der Waals surface area contributed by atoms with Crippen LogP contribution in [-0.4, -0.2) is 45.7 Å².